The maximum atomic E-state index is 13.1. The van der Waals surface area contributed by atoms with Gasteiger partial charge in [-0.2, -0.15) is 0 Å². The lowest BCUT2D eigenvalue weighted by molar-refractivity contribution is 0.626. The summed E-state index contributed by atoms with van der Waals surface area (Å²) in [5.41, 5.74) is 2.35. The van der Waals surface area contributed by atoms with E-state index in [9.17, 15) is 4.39 Å². The number of halogens is 2. The van der Waals surface area contributed by atoms with Crippen molar-refractivity contribution in [3.8, 4) is 0 Å². The van der Waals surface area contributed by atoms with Crippen LogP contribution in [0.1, 0.15) is 18.0 Å². The number of hydrogen-bond donors (Lipinski definition) is 1. The van der Waals surface area contributed by atoms with Crippen LogP contribution in [0.5, 0.6) is 0 Å². The van der Waals surface area contributed by atoms with Gasteiger partial charge >= 0.3 is 0 Å². The fourth-order valence-electron chi connectivity index (χ4n) is 2.29. The van der Waals surface area contributed by atoms with Crippen molar-refractivity contribution in [3.05, 3.63) is 57.4 Å². The second kappa shape index (κ2) is 5.71. The molecule has 1 N–H and O–H groups in total. The first-order valence-corrected chi connectivity index (χ1v) is 8.24. The van der Waals surface area contributed by atoms with E-state index in [0.29, 0.717) is 6.04 Å². The highest BCUT2D eigenvalue weighted by Crippen LogP contribution is 2.38. The van der Waals surface area contributed by atoms with Gasteiger partial charge < -0.3 is 5.32 Å². The van der Waals surface area contributed by atoms with E-state index in [-0.39, 0.29) is 5.82 Å². The van der Waals surface area contributed by atoms with Gasteiger partial charge in [-0.05, 0) is 58.8 Å². The molecule has 1 unspecified atom stereocenters. The van der Waals surface area contributed by atoms with E-state index in [0.717, 1.165) is 21.4 Å². The van der Waals surface area contributed by atoms with Crippen LogP contribution in [0.4, 0.5) is 10.1 Å². The second-order valence-electron chi connectivity index (χ2n) is 4.50. The summed E-state index contributed by atoms with van der Waals surface area (Å²) >= 11 is 4.08. The average molecular weight is 385 g/mol. The molecule has 0 bridgehead atoms. The van der Waals surface area contributed by atoms with Crippen LogP contribution in [0.3, 0.4) is 0 Å². The van der Waals surface area contributed by atoms with Gasteiger partial charge in [0.2, 0.25) is 0 Å². The zero-order chi connectivity index (χ0) is 13.2. The van der Waals surface area contributed by atoms with Gasteiger partial charge in [-0.1, -0.05) is 18.2 Å². The van der Waals surface area contributed by atoms with Crippen molar-refractivity contribution in [2.45, 2.75) is 17.4 Å². The highest BCUT2D eigenvalue weighted by atomic mass is 127. The maximum Gasteiger partial charge on any atom is 0.124 e. The van der Waals surface area contributed by atoms with E-state index in [4.69, 9.17) is 0 Å². The molecule has 0 fully saturated rings. The van der Waals surface area contributed by atoms with Crippen molar-refractivity contribution >= 4 is 40.0 Å². The molecular weight excluding hydrogens is 372 g/mol. The highest BCUT2D eigenvalue weighted by Gasteiger charge is 2.20. The van der Waals surface area contributed by atoms with Crippen molar-refractivity contribution in [2.75, 3.05) is 11.1 Å². The third kappa shape index (κ3) is 2.89. The van der Waals surface area contributed by atoms with Crippen LogP contribution < -0.4 is 5.32 Å². The molecule has 0 saturated heterocycles. The third-order valence-electron chi connectivity index (χ3n) is 3.22. The van der Waals surface area contributed by atoms with Gasteiger partial charge in [-0.15, -0.1) is 11.8 Å². The minimum absolute atomic E-state index is 0.186. The van der Waals surface area contributed by atoms with E-state index in [2.05, 4.69) is 52.2 Å². The van der Waals surface area contributed by atoms with Crippen LogP contribution >= 0.6 is 34.4 Å². The van der Waals surface area contributed by atoms with Crippen LogP contribution in [-0.2, 0) is 0 Å². The molecule has 0 saturated carbocycles. The number of thioether (sulfide) groups is 1. The number of fused-ring (bicyclic) bond motifs is 1. The van der Waals surface area contributed by atoms with Crippen molar-refractivity contribution in [2.24, 2.45) is 0 Å². The fraction of sp³-hybridized carbons (Fsp3) is 0.200. The SMILES string of the molecule is Fc1ccc(NC2CCSc3ccccc32)c(I)c1. The summed E-state index contributed by atoms with van der Waals surface area (Å²) in [6.45, 7) is 0. The van der Waals surface area contributed by atoms with Crippen LogP contribution in [0, 0.1) is 9.39 Å². The first kappa shape index (κ1) is 13.2. The lowest BCUT2D eigenvalue weighted by atomic mass is 10.0. The van der Waals surface area contributed by atoms with Crippen molar-refractivity contribution in [1.29, 1.82) is 0 Å². The second-order valence-corrected chi connectivity index (χ2v) is 6.79. The molecule has 3 rings (SSSR count). The largest absolute Gasteiger partial charge is 0.377 e. The molecule has 1 atom stereocenters. The lowest BCUT2D eigenvalue weighted by Crippen LogP contribution is -2.16. The summed E-state index contributed by atoms with van der Waals surface area (Å²) < 4.78 is 14.1. The maximum absolute atomic E-state index is 13.1. The predicted octanol–water partition coefficient (Wildman–Crippen LogP) is 5.08. The molecule has 0 aliphatic carbocycles. The Labute approximate surface area is 130 Å². The molecule has 0 spiro atoms. The molecule has 0 aromatic heterocycles. The van der Waals surface area contributed by atoms with Crippen molar-refractivity contribution in [1.82, 2.24) is 0 Å². The number of nitrogens with one attached hydrogen (secondary N) is 1. The Balaban J connectivity index is 1.88. The topological polar surface area (TPSA) is 12.0 Å². The molecule has 19 heavy (non-hydrogen) atoms. The summed E-state index contributed by atoms with van der Waals surface area (Å²) in [6.07, 6.45) is 1.09. The monoisotopic (exact) mass is 385 g/mol. The average Bonchev–Trinajstić information content (AvgIpc) is 2.42. The van der Waals surface area contributed by atoms with Gasteiger partial charge in [0, 0.05) is 19.9 Å². The summed E-state index contributed by atoms with van der Waals surface area (Å²) in [5.74, 6) is 0.932. The van der Waals surface area contributed by atoms with Gasteiger partial charge in [0.1, 0.15) is 5.82 Å². The highest BCUT2D eigenvalue weighted by molar-refractivity contribution is 14.1. The van der Waals surface area contributed by atoms with Crippen LogP contribution in [0.2, 0.25) is 0 Å². The van der Waals surface area contributed by atoms with E-state index in [1.54, 1.807) is 6.07 Å². The molecule has 2 aromatic rings. The summed E-state index contributed by atoms with van der Waals surface area (Å²) in [6, 6.07) is 13.7. The van der Waals surface area contributed by atoms with Gasteiger partial charge in [0.15, 0.2) is 0 Å². The van der Waals surface area contributed by atoms with Gasteiger partial charge in [-0.3, -0.25) is 0 Å². The molecule has 1 aliphatic rings. The molecule has 0 amide bonds. The van der Waals surface area contributed by atoms with Crippen molar-refractivity contribution < 1.29 is 4.39 Å². The van der Waals surface area contributed by atoms with Crippen LogP contribution in [0.15, 0.2) is 47.4 Å². The molecule has 1 aliphatic heterocycles. The van der Waals surface area contributed by atoms with E-state index in [1.165, 1.54) is 16.5 Å². The first-order valence-electron chi connectivity index (χ1n) is 6.17. The minimum atomic E-state index is -0.186. The summed E-state index contributed by atoms with van der Waals surface area (Å²) in [7, 11) is 0. The Kier molecular flexibility index (Phi) is 3.98. The zero-order valence-corrected chi connectivity index (χ0v) is 13.2. The molecule has 1 heterocycles. The molecule has 2 aromatic carbocycles. The number of anilines is 1. The summed E-state index contributed by atoms with van der Waals surface area (Å²) in [4.78, 5) is 1.35. The smallest absolute Gasteiger partial charge is 0.124 e. The zero-order valence-electron chi connectivity index (χ0n) is 10.2. The molecule has 0 radical (unpaired) electrons. The predicted molar refractivity (Wildman–Crippen MR) is 87.3 cm³/mol. The number of benzene rings is 2. The van der Waals surface area contributed by atoms with Gasteiger partial charge in [0.05, 0.1) is 6.04 Å². The molecule has 1 nitrogen and oxygen atoms in total. The number of rotatable bonds is 2. The van der Waals surface area contributed by atoms with Gasteiger partial charge in [-0.25, -0.2) is 4.39 Å². The Hall–Kier alpha value is -0.750. The number of hydrogen-bond acceptors (Lipinski definition) is 2. The van der Waals surface area contributed by atoms with Crippen LogP contribution in [-0.4, -0.2) is 5.75 Å². The Morgan fingerprint density at radius 2 is 2.05 bits per heavy atom. The van der Waals surface area contributed by atoms with E-state index in [1.807, 2.05) is 17.8 Å². The molecule has 4 heteroatoms. The van der Waals surface area contributed by atoms with Crippen molar-refractivity contribution in [3.63, 3.8) is 0 Å². The lowest BCUT2D eigenvalue weighted by Gasteiger charge is -2.27. The normalized spacial score (nSPS) is 17.9. The molecular formula is C15H13FINS. The van der Waals surface area contributed by atoms with E-state index >= 15 is 0 Å². The van der Waals surface area contributed by atoms with Crippen LogP contribution in [0.25, 0.3) is 0 Å². The first-order chi connectivity index (χ1) is 9.24. The Morgan fingerprint density at radius 3 is 2.89 bits per heavy atom. The minimum Gasteiger partial charge on any atom is -0.377 e. The standard InChI is InChI=1S/C15H13FINS/c16-10-5-6-14(12(17)9-10)18-13-7-8-19-15-4-2-1-3-11(13)15/h1-6,9,13,18H,7-8H2. The van der Waals surface area contributed by atoms with Gasteiger partial charge in [0.25, 0.3) is 0 Å². The fourth-order valence-corrected chi connectivity index (χ4v) is 4.04. The van der Waals surface area contributed by atoms with E-state index < -0.39 is 0 Å². The Morgan fingerprint density at radius 1 is 1.21 bits per heavy atom. The quantitative estimate of drug-likeness (QED) is 0.724. The molecule has 98 valence electrons. The Bertz CT molecular complexity index is 602. The third-order valence-corrected chi connectivity index (χ3v) is 5.23. The summed E-state index contributed by atoms with van der Waals surface area (Å²) in [5, 5.41) is 3.55.